The van der Waals surface area contributed by atoms with Crippen molar-refractivity contribution in [1.29, 1.82) is 0 Å². The van der Waals surface area contributed by atoms with E-state index < -0.39 is 6.10 Å². The van der Waals surface area contributed by atoms with Crippen molar-refractivity contribution < 1.29 is 9.90 Å². The van der Waals surface area contributed by atoms with E-state index in [1.807, 2.05) is 54.6 Å². The molecule has 0 aromatic heterocycles. The van der Waals surface area contributed by atoms with Gasteiger partial charge in [-0.15, -0.1) is 0 Å². The van der Waals surface area contributed by atoms with Gasteiger partial charge in [0.25, 0.3) is 5.91 Å². The van der Waals surface area contributed by atoms with E-state index in [2.05, 4.69) is 10.6 Å². The van der Waals surface area contributed by atoms with Crippen LogP contribution in [0.3, 0.4) is 0 Å². The standard InChI is InChI=1S/C19H24N2O2/c1-20-19(23)17-11-9-15(10-12-17)6-5-13-21-14-18(22)16-7-3-2-4-8-16/h2-4,7-12,18,21-22H,5-6,13-14H2,1H3,(H,20,23). The summed E-state index contributed by atoms with van der Waals surface area (Å²) in [6.45, 7) is 1.40. The first-order valence-electron chi connectivity index (χ1n) is 7.95. The lowest BCUT2D eigenvalue weighted by Crippen LogP contribution is -2.22. The summed E-state index contributed by atoms with van der Waals surface area (Å²) in [6, 6.07) is 17.3. The third kappa shape index (κ3) is 5.51. The second-order valence-electron chi connectivity index (χ2n) is 5.51. The summed E-state index contributed by atoms with van der Waals surface area (Å²) in [4.78, 5) is 11.5. The van der Waals surface area contributed by atoms with Crippen LogP contribution in [0, 0.1) is 0 Å². The first-order valence-corrected chi connectivity index (χ1v) is 7.95. The Morgan fingerprint density at radius 3 is 2.43 bits per heavy atom. The summed E-state index contributed by atoms with van der Waals surface area (Å²) in [6.07, 6.45) is 1.46. The van der Waals surface area contributed by atoms with Gasteiger partial charge in [0.15, 0.2) is 0 Å². The minimum absolute atomic E-state index is 0.0619. The van der Waals surface area contributed by atoms with E-state index >= 15 is 0 Å². The van der Waals surface area contributed by atoms with Crippen molar-refractivity contribution in [3.63, 3.8) is 0 Å². The maximum Gasteiger partial charge on any atom is 0.251 e. The SMILES string of the molecule is CNC(=O)c1ccc(CCCNCC(O)c2ccccc2)cc1. The van der Waals surface area contributed by atoms with Crippen LogP contribution in [0.15, 0.2) is 54.6 Å². The Labute approximate surface area is 137 Å². The highest BCUT2D eigenvalue weighted by Crippen LogP contribution is 2.10. The molecule has 0 aliphatic carbocycles. The number of aliphatic hydroxyl groups excluding tert-OH is 1. The van der Waals surface area contributed by atoms with Gasteiger partial charge in [0.1, 0.15) is 0 Å². The number of carbonyl (C=O) groups excluding carboxylic acids is 1. The summed E-state index contributed by atoms with van der Waals surface area (Å²) in [5, 5.41) is 15.9. The van der Waals surface area contributed by atoms with Gasteiger partial charge in [-0.2, -0.15) is 0 Å². The number of carbonyl (C=O) groups is 1. The molecule has 0 bridgehead atoms. The smallest absolute Gasteiger partial charge is 0.251 e. The molecule has 122 valence electrons. The molecule has 0 fully saturated rings. The van der Waals surface area contributed by atoms with Gasteiger partial charge in [0, 0.05) is 19.2 Å². The zero-order chi connectivity index (χ0) is 16.5. The van der Waals surface area contributed by atoms with Crippen LogP contribution in [0.5, 0.6) is 0 Å². The molecule has 3 N–H and O–H groups in total. The molecule has 0 spiro atoms. The summed E-state index contributed by atoms with van der Waals surface area (Å²) in [5.41, 5.74) is 2.83. The lowest BCUT2D eigenvalue weighted by Gasteiger charge is -2.12. The van der Waals surface area contributed by atoms with Gasteiger partial charge < -0.3 is 15.7 Å². The van der Waals surface area contributed by atoms with Crippen LogP contribution < -0.4 is 10.6 Å². The van der Waals surface area contributed by atoms with Gasteiger partial charge in [-0.3, -0.25) is 4.79 Å². The van der Waals surface area contributed by atoms with Gasteiger partial charge in [0.05, 0.1) is 6.10 Å². The van der Waals surface area contributed by atoms with E-state index in [9.17, 15) is 9.90 Å². The van der Waals surface area contributed by atoms with Crippen molar-refractivity contribution >= 4 is 5.91 Å². The van der Waals surface area contributed by atoms with E-state index in [0.717, 1.165) is 24.9 Å². The summed E-state index contributed by atoms with van der Waals surface area (Å²) >= 11 is 0. The first kappa shape index (κ1) is 17.2. The van der Waals surface area contributed by atoms with Crippen molar-refractivity contribution in [2.75, 3.05) is 20.1 Å². The average Bonchev–Trinajstić information content (AvgIpc) is 2.62. The Bertz CT molecular complexity index is 597. The second-order valence-corrected chi connectivity index (χ2v) is 5.51. The van der Waals surface area contributed by atoms with Gasteiger partial charge >= 0.3 is 0 Å². The van der Waals surface area contributed by atoms with E-state index in [1.165, 1.54) is 5.56 Å². The maximum atomic E-state index is 11.5. The molecule has 0 aliphatic heterocycles. The number of amides is 1. The molecule has 4 heteroatoms. The maximum absolute atomic E-state index is 11.5. The largest absolute Gasteiger partial charge is 0.387 e. The van der Waals surface area contributed by atoms with Crippen LogP contribution in [0.2, 0.25) is 0 Å². The molecule has 0 aliphatic rings. The molecular weight excluding hydrogens is 288 g/mol. The Kier molecular flexibility index (Phi) is 6.78. The molecule has 0 saturated carbocycles. The van der Waals surface area contributed by atoms with Gasteiger partial charge in [0.2, 0.25) is 0 Å². The number of hydrogen-bond donors (Lipinski definition) is 3. The molecule has 0 radical (unpaired) electrons. The van der Waals surface area contributed by atoms with E-state index in [4.69, 9.17) is 0 Å². The highest BCUT2D eigenvalue weighted by atomic mass is 16.3. The van der Waals surface area contributed by atoms with Gasteiger partial charge in [-0.05, 0) is 42.6 Å². The van der Waals surface area contributed by atoms with Crippen molar-refractivity contribution in [1.82, 2.24) is 10.6 Å². The van der Waals surface area contributed by atoms with Crippen LogP contribution in [-0.2, 0) is 6.42 Å². The highest BCUT2D eigenvalue weighted by Gasteiger charge is 2.05. The average molecular weight is 312 g/mol. The van der Waals surface area contributed by atoms with Crippen LogP contribution in [-0.4, -0.2) is 31.2 Å². The van der Waals surface area contributed by atoms with E-state index in [1.54, 1.807) is 7.05 Å². The van der Waals surface area contributed by atoms with E-state index in [0.29, 0.717) is 12.1 Å². The van der Waals surface area contributed by atoms with Crippen LogP contribution in [0.4, 0.5) is 0 Å². The Balaban J connectivity index is 1.66. The van der Waals surface area contributed by atoms with Crippen molar-refractivity contribution in [2.45, 2.75) is 18.9 Å². The minimum atomic E-state index is -0.469. The van der Waals surface area contributed by atoms with Crippen molar-refractivity contribution in [3.05, 3.63) is 71.3 Å². The third-order valence-corrected chi connectivity index (χ3v) is 3.78. The fourth-order valence-electron chi connectivity index (χ4n) is 2.42. The molecule has 1 atom stereocenters. The number of rotatable bonds is 8. The molecule has 4 nitrogen and oxygen atoms in total. The number of benzene rings is 2. The molecule has 2 rings (SSSR count). The third-order valence-electron chi connectivity index (χ3n) is 3.78. The molecule has 2 aromatic rings. The Hall–Kier alpha value is -2.17. The first-order chi connectivity index (χ1) is 11.2. The number of aryl methyl sites for hydroxylation is 1. The number of aliphatic hydroxyl groups is 1. The Morgan fingerprint density at radius 2 is 1.78 bits per heavy atom. The number of hydrogen-bond acceptors (Lipinski definition) is 3. The van der Waals surface area contributed by atoms with Crippen molar-refractivity contribution in [2.24, 2.45) is 0 Å². The molecule has 1 unspecified atom stereocenters. The molecular formula is C19H24N2O2. The lowest BCUT2D eigenvalue weighted by molar-refractivity contribution is 0.0963. The monoisotopic (exact) mass is 312 g/mol. The predicted octanol–water partition coefficient (Wildman–Crippen LogP) is 2.30. The molecule has 0 saturated heterocycles. The lowest BCUT2D eigenvalue weighted by atomic mass is 10.1. The zero-order valence-electron chi connectivity index (χ0n) is 13.5. The molecule has 0 heterocycles. The molecule has 1 amide bonds. The van der Waals surface area contributed by atoms with E-state index in [-0.39, 0.29) is 5.91 Å². The zero-order valence-corrected chi connectivity index (χ0v) is 13.5. The van der Waals surface area contributed by atoms with Crippen LogP contribution in [0.25, 0.3) is 0 Å². The van der Waals surface area contributed by atoms with Gasteiger partial charge in [-0.1, -0.05) is 42.5 Å². The molecule has 23 heavy (non-hydrogen) atoms. The fourth-order valence-corrected chi connectivity index (χ4v) is 2.42. The topological polar surface area (TPSA) is 61.4 Å². The Morgan fingerprint density at radius 1 is 1.09 bits per heavy atom. The summed E-state index contributed by atoms with van der Waals surface area (Å²) in [5.74, 6) is -0.0619. The number of nitrogens with one attached hydrogen (secondary N) is 2. The highest BCUT2D eigenvalue weighted by molar-refractivity contribution is 5.93. The van der Waals surface area contributed by atoms with Crippen molar-refractivity contribution in [3.8, 4) is 0 Å². The summed E-state index contributed by atoms with van der Waals surface area (Å²) in [7, 11) is 1.63. The van der Waals surface area contributed by atoms with Gasteiger partial charge in [-0.25, -0.2) is 0 Å². The van der Waals surface area contributed by atoms with Crippen LogP contribution in [0.1, 0.15) is 34.0 Å². The summed E-state index contributed by atoms with van der Waals surface area (Å²) < 4.78 is 0. The van der Waals surface area contributed by atoms with Crippen LogP contribution >= 0.6 is 0 Å². The predicted molar refractivity (Wildman–Crippen MR) is 92.4 cm³/mol. The fraction of sp³-hybridized carbons (Fsp3) is 0.316. The second kappa shape index (κ2) is 9.08. The molecule has 2 aromatic carbocycles. The quantitative estimate of drug-likeness (QED) is 0.656. The minimum Gasteiger partial charge on any atom is -0.387 e. The normalized spacial score (nSPS) is 11.9.